The lowest BCUT2D eigenvalue weighted by molar-refractivity contribution is -0.121. The normalized spacial score (nSPS) is 11.0. The minimum atomic E-state index is -0.574. The monoisotopic (exact) mass is 424 g/mol. The Morgan fingerprint density at radius 1 is 1.23 bits per heavy atom. The molecule has 0 aliphatic carbocycles. The highest BCUT2D eigenvalue weighted by Crippen LogP contribution is 2.21. The zero-order valence-corrected chi connectivity index (χ0v) is 17.3. The lowest BCUT2D eigenvalue weighted by Crippen LogP contribution is -2.26. The number of rotatable bonds is 7. The molecule has 0 atom stereocenters. The van der Waals surface area contributed by atoms with E-state index in [-0.39, 0.29) is 24.8 Å². The fraction of sp³-hybridized carbons (Fsp3) is 0.250. The first-order chi connectivity index (χ1) is 14.5. The van der Waals surface area contributed by atoms with Crippen molar-refractivity contribution in [2.24, 2.45) is 0 Å². The fourth-order valence-corrected chi connectivity index (χ4v) is 3.60. The van der Waals surface area contributed by atoms with E-state index in [0.717, 1.165) is 27.6 Å². The minimum absolute atomic E-state index is 0.119. The first-order valence-electron chi connectivity index (χ1n) is 9.37. The van der Waals surface area contributed by atoms with Crippen molar-refractivity contribution in [1.29, 1.82) is 0 Å². The van der Waals surface area contributed by atoms with E-state index in [0.29, 0.717) is 6.54 Å². The number of hydrogen-bond donors (Lipinski definition) is 1. The third-order valence-electron chi connectivity index (χ3n) is 4.41. The maximum atomic E-state index is 12.2. The predicted octanol–water partition coefficient (Wildman–Crippen LogP) is 2.47. The van der Waals surface area contributed by atoms with Crippen LogP contribution in [0.1, 0.15) is 23.4 Å². The zero-order valence-electron chi connectivity index (χ0n) is 16.5. The Morgan fingerprint density at radius 2 is 2.10 bits per heavy atom. The Labute approximate surface area is 176 Å². The summed E-state index contributed by atoms with van der Waals surface area (Å²) in [6.07, 6.45) is 1.83. The number of aromatic nitrogens is 5. The highest BCUT2D eigenvalue weighted by atomic mass is 32.1. The first kappa shape index (κ1) is 19.8. The van der Waals surface area contributed by atoms with Gasteiger partial charge in [-0.2, -0.15) is 9.78 Å². The lowest BCUT2D eigenvalue weighted by atomic mass is 10.2. The topological polar surface area (TPSA) is 108 Å². The maximum Gasteiger partial charge on any atom is 0.437 e. The van der Waals surface area contributed by atoms with E-state index in [1.165, 1.54) is 16.0 Å². The number of carbonyl (C=O) groups excluding carboxylic acids is 1. The number of pyridine rings is 1. The molecule has 1 N–H and O–H groups in total. The number of aryl methyl sites for hydroxylation is 3. The zero-order chi connectivity index (χ0) is 21.1. The molecule has 0 bridgehead atoms. The molecule has 0 saturated heterocycles. The van der Waals surface area contributed by atoms with Gasteiger partial charge in [0.25, 0.3) is 5.89 Å². The minimum Gasteiger partial charge on any atom is -0.387 e. The van der Waals surface area contributed by atoms with Gasteiger partial charge in [0.05, 0.1) is 17.1 Å². The molecule has 4 rings (SSSR count). The number of nitrogens with one attached hydrogen (secondary N) is 1. The van der Waals surface area contributed by atoms with Crippen LogP contribution in [0, 0.1) is 13.8 Å². The average Bonchev–Trinajstić information content (AvgIpc) is 3.46. The summed E-state index contributed by atoms with van der Waals surface area (Å²) >= 11 is 1.43. The molecule has 0 unspecified atom stereocenters. The van der Waals surface area contributed by atoms with E-state index in [2.05, 4.69) is 20.5 Å². The summed E-state index contributed by atoms with van der Waals surface area (Å²) in [4.78, 5) is 29.2. The van der Waals surface area contributed by atoms with Gasteiger partial charge in [0.15, 0.2) is 5.82 Å². The standard InChI is InChI=1S/C20H20N6O3S/c1-13-10-14(2)26(23-13)17-6-5-15(11-21-17)12-22-18(27)7-8-25-20(28)29-19(24-25)16-4-3-9-30-16/h3-6,9-11H,7-8,12H2,1-2H3,(H,22,27). The Kier molecular flexibility index (Phi) is 5.57. The van der Waals surface area contributed by atoms with Crippen molar-refractivity contribution < 1.29 is 9.21 Å². The largest absolute Gasteiger partial charge is 0.437 e. The van der Waals surface area contributed by atoms with Gasteiger partial charge in [-0.1, -0.05) is 12.1 Å². The molecule has 0 aliphatic rings. The predicted molar refractivity (Wildman–Crippen MR) is 111 cm³/mol. The van der Waals surface area contributed by atoms with Crippen molar-refractivity contribution >= 4 is 17.2 Å². The van der Waals surface area contributed by atoms with Crippen LogP contribution >= 0.6 is 11.3 Å². The maximum absolute atomic E-state index is 12.2. The smallest absolute Gasteiger partial charge is 0.387 e. The number of amides is 1. The summed E-state index contributed by atoms with van der Waals surface area (Å²) < 4.78 is 8.08. The van der Waals surface area contributed by atoms with Gasteiger partial charge in [0.2, 0.25) is 5.91 Å². The Morgan fingerprint density at radius 3 is 2.77 bits per heavy atom. The van der Waals surface area contributed by atoms with E-state index in [9.17, 15) is 9.59 Å². The molecule has 9 nitrogen and oxygen atoms in total. The Bertz CT molecular complexity index is 1200. The summed E-state index contributed by atoms with van der Waals surface area (Å²) in [6.45, 7) is 4.40. The van der Waals surface area contributed by atoms with Gasteiger partial charge in [0, 0.05) is 24.9 Å². The summed E-state index contributed by atoms with van der Waals surface area (Å²) in [7, 11) is 0. The van der Waals surface area contributed by atoms with Gasteiger partial charge in [-0.3, -0.25) is 4.79 Å². The molecule has 0 radical (unpaired) electrons. The molecule has 4 aromatic heterocycles. The molecule has 154 valence electrons. The van der Waals surface area contributed by atoms with Crippen molar-refractivity contribution in [3.05, 3.63) is 69.4 Å². The van der Waals surface area contributed by atoms with E-state index in [1.807, 2.05) is 49.6 Å². The van der Waals surface area contributed by atoms with Crippen LogP contribution in [0.4, 0.5) is 0 Å². The molecular formula is C20H20N6O3S. The van der Waals surface area contributed by atoms with Crippen molar-refractivity contribution in [3.8, 4) is 16.6 Å². The second kappa shape index (κ2) is 8.46. The third-order valence-corrected chi connectivity index (χ3v) is 5.27. The van der Waals surface area contributed by atoms with Crippen LogP contribution in [-0.4, -0.2) is 30.5 Å². The summed E-state index contributed by atoms with van der Waals surface area (Å²) in [5.41, 5.74) is 2.80. The molecule has 1 amide bonds. The molecule has 4 aromatic rings. The molecule has 0 saturated carbocycles. The average molecular weight is 424 g/mol. The van der Waals surface area contributed by atoms with Crippen LogP contribution in [0.25, 0.3) is 16.6 Å². The van der Waals surface area contributed by atoms with Gasteiger partial charge in [-0.05, 0) is 43.0 Å². The van der Waals surface area contributed by atoms with E-state index in [1.54, 1.807) is 10.9 Å². The van der Waals surface area contributed by atoms with Crippen molar-refractivity contribution in [1.82, 2.24) is 29.9 Å². The van der Waals surface area contributed by atoms with Gasteiger partial charge >= 0.3 is 5.76 Å². The van der Waals surface area contributed by atoms with Crippen LogP contribution < -0.4 is 11.1 Å². The van der Waals surface area contributed by atoms with E-state index < -0.39 is 5.76 Å². The molecule has 0 fully saturated rings. The van der Waals surface area contributed by atoms with Gasteiger partial charge in [0.1, 0.15) is 0 Å². The van der Waals surface area contributed by atoms with E-state index in [4.69, 9.17) is 4.42 Å². The highest BCUT2D eigenvalue weighted by molar-refractivity contribution is 7.13. The quantitative estimate of drug-likeness (QED) is 0.488. The lowest BCUT2D eigenvalue weighted by Gasteiger charge is -2.07. The van der Waals surface area contributed by atoms with Crippen LogP contribution in [0.15, 0.2) is 51.1 Å². The van der Waals surface area contributed by atoms with Gasteiger partial charge in [-0.15, -0.1) is 16.4 Å². The number of nitrogens with zero attached hydrogens (tertiary/aromatic N) is 5. The second-order valence-electron chi connectivity index (χ2n) is 6.76. The van der Waals surface area contributed by atoms with Crippen LogP contribution in [-0.2, 0) is 17.9 Å². The van der Waals surface area contributed by atoms with Crippen LogP contribution in [0.2, 0.25) is 0 Å². The van der Waals surface area contributed by atoms with Crippen molar-refractivity contribution in [2.75, 3.05) is 0 Å². The van der Waals surface area contributed by atoms with Gasteiger partial charge in [-0.25, -0.2) is 14.5 Å². The molecule has 0 spiro atoms. The van der Waals surface area contributed by atoms with Crippen molar-refractivity contribution in [3.63, 3.8) is 0 Å². The Balaban J connectivity index is 1.30. The number of hydrogen-bond acceptors (Lipinski definition) is 7. The summed E-state index contributed by atoms with van der Waals surface area (Å²) in [5.74, 6) is 0.229. The summed E-state index contributed by atoms with van der Waals surface area (Å²) in [5, 5.41) is 13.2. The Hall–Kier alpha value is -3.53. The van der Waals surface area contributed by atoms with Crippen molar-refractivity contribution in [2.45, 2.75) is 33.4 Å². The van der Waals surface area contributed by atoms with Gasteiger partial charge < -0.3 is 9.73 Å². The second-order valence-corrected chi connectivity index (χ2v) is 7.71. The molecule has 0 aromatic carbocycles. The van der Waals surface area contributed by atoms with E-state index >= 15 is 0 Å². The third kappa shape index (κ3) is 4.38. The molecular weight excluding hydrogens is 404 g/mol. The highest BCUT2D eigenvalue weighted by Gasteiger charge is 2.12. The molecule has 0 aliphatic heterocycles. The molecule has 4 heterocycles. The van der Waals surface area contributed by atoms with Crippen LogP contribution in [0.5, 0.6) is 0 Å². The first-order valence-corrected chi connectivity index (χ1v) is 10.2. The SMILES string of the molecule is Cc1cc(C)n(-c2ccc(CNC(=O)CCn3nc(-c4cccs4)oc3=O)cn2)n1. The number of thiophene rings is 1. The molecule has 10 heteroatoms. The van der Waals surface area contributed by atoms with Crippen LogP contribution in [0.3, 0.4) is 0 Å². The molecule has 30 heavy (non-hydrogen) atoms. The summed E-state index contributed by atoms with van der Waals surface area (Å²) in [6, 6.07) is 9.42. The number of carbonyl (C=O) groups is 1. The fourth-order valence-electron chi connectivity index (χ4n) is 2.95.